The molecule has 1 aromatic rings. The predicted molar refractivity (Wildman–Crippen MR) is 116 cm³/mol. The Balaban J connectivity index is 3.17. The summed E-state index contributed by atoms with van der Waals surface area (Å²) in [6, 6.07) is 5.19. The van der Waals surface area contributed by atoms with Crippen LogP contribution in [0.1, 0.15) is 47.1 Å². The predicted octanol–water partition coefficient (Wildman–Crippen LogP) is 5.61. The van der Waals surface area contributed by atoms with E-state index in [1.54, 1.807) is 59.7 Å². The van der Waals surface area contributed by atoms with E-state index in [4.69, 9.17) is 9.47 Å². The smallest absolute Gasteiger partial charge is 0.412 e. The van der Waals surface area contributed by atoms with Gasteiger partial charge in [0.05, 0.1) is 11.4 Å². The van der Waals surface area contributed by atoms with E-state index in [1.807, 2.05) is 0 Å². The van der Waals surface area contributed by atoms with Crippen molar-refractivity contribution in [2.24, 2.45) is 0 Å². The van der Waals surface area contributed by atoms with Gasteiger partial charge < -0.3 is 9.47 Å². The molecule has 0 heterocycles. The van der Waals surface area contributed by atoms with Gasteiger partial charge in [-0.25, -0.2) is 9.59 Å². The third kappa shape index (κ3) is 10.0. The Morgan fingerprint density at radius 1 is 0.857 bits per heavy atom. The van der Waals surface area contributed by atoms with Crippen molar-refractivity contribution in [2.75, 3.05) is 10.6 Å². The number of ether oxygens (including phenoxy) is 2. The fraction of sp³-hybridized carbons (Fsp3) is 0.524. The van der Waals surface area contributed by atoms with Gasteiger partial charge in [-0.3, -0.25) is 10.6 Å². The van der Waals surface area contributed by atoms with E-state index in [1.165, 1.54) is 0 Å². The Bertz CT molecular complexity index is 788. The first-order chi connectivity index (χ1) is 12.5. The molecule has 0 bridgehead atoms. The zero-order valence-corrected chi connectivity index (χ0v) is 19.4. The highest BCUT2D eigenvalue weighted by atomic mass is 28.3. The van der Waals surface area contributed by atoms with Gasteiger partial charge in [0.1, 0.15) is 19.3 Å². The van der Waals surface area contributed by atoms with Crippen LogP contribution in [0.5, 0.6) is 0 Å². The molecule has 1 aromatic carbocycles. The summed E-state index contributed by atoms with van der Waals surface area (Å²) in [7, 11) is -1.55. The molecule has 0 saturated heterocycles. The van der Waals surface area contributed by atoms with Gasteiger partial charge in [0.15, 0.2) is 0 Å². The van der Waals surface area contributed by atoms with E-state index in [0.29, 0.717) is 11.4 Å². The van der Waals surface area contributed by atoms with Crippen molar-refractivity contribution in [3.8, 4) is 11.5 Å². The van der Waals surface area contributed by atoms with Gasteiger partial charge in [-0.05, 0) is 59.7 Å². The van der Waals surface area contributed by atoms with Crippen LogP contribution in [0.2, 0.25) is 19.6 Å². The van der Waals surface area contributed by atoms with Gasteiger partial charge >= 0.3 is 12.2 Å². The lowest BCUT2D eigenvalue weighted by molar-refractivity contribution is 0.0621. The van der Waals surface area contributed by atoms with E-state index < -0.39 is 31.5 Å². The lowest BCUT2D eigenvalue weighted by atomic mass is 10.1. The maximum absolute atomic E-state index is 12.2. The number of hydrogen-bond donors (Lipinski definition) is 2. The van der Waals surface area contributed by atoms with Crippen molar-refractivity contribution < 1.29 is 19.1 Å². The molecule has 6 nitrogen and oxygen atoms in total. The van der Waals surface area contributed by atoms with Crippen molar-refractivity contribution in [1.82, 2.24) is 0 Å². The molecule has 28 heavy (non-hydrogen) atoms. The van der Waals surface area contributed by atoms with Gasteiger partial charge in [-0.15, -0.1) is 5.54 Å². The van der Waals surface area contributed by atoms with Crippen LogP contribution in [-0.2, 0) is 9.47 Å². The number of nitrogens with one attached hydrogen (secondary N) is 2. The minimum absolute atomic E-state index is 0.391. The molecule has 0 saturated carbocycles. The first-order valence-corrected chi connectivity index (χ1v) is 12.7. The first kappa shape index (κ1) is 23.6. The Kier molecular flexibility index (Phi) is 7.32. The Morgan fingerprint density at radius 2 is 1.32 bits per heavy atom. The zero-order valence-electron chi connectivity index (χ0n) is 18.4. The summed E-state index contributed by atoms with van der Waals surface area (Å²) >= 11 is 0. The van der Waals surface area contributed by atoms with E-state index >= 15 is 0 Å². The molecule has 0 aromatic heterocycles. The molecular formula is C21H32N2O4Si. The van der Waals surface area contributed by atoms with Gasteiger partial charge in [-0.1, -0.05) is 25.6 Å². The van der Waals surface area contributed by atoms with E-state index in [2.05, 4.69) is 41.7 Å². The molecule has 0 radical (unpaired) electrons. The fourth-order valence-corrected chi connectivity index (χ4v) is 2.44. The highest BCUT2D eigenvalue weighted by Gasteiger charge is 2.20. The van der Waals surface area contributed by atoms with Crippen molar-refractivity contribution >= 4 is 31.6 Å². The second-order valence-corrected chi connectivity index (χ2v) is 14.3. The molecule has 7 heteroatoms. The van der Waals surface area contributed by atoms with Crippen molar-refractivity contribution in [3.05, 3.63) is 23.8 Å². The molecule has 154 valence electrons. The average molecular weight is 405 g/mol. The Morgan fingerprint density at radius 3 is 1.75 bits per heavy atom. The maximum atomic E-state index is 12.2. The molecular weight excluding hydrogens is 372 g/mol. The van der Waals surface area contributed by atoms with Crippen LogP contribution >= 0.6 is 0 Å². The highest BCUT2D eigenvalue weighted by molar-refractivity contribution is 6.83. The summed E-state index contributed by atoms with van der Waals surface area (Å²) in [6.07, 6.45) is -1.23. The standard InChI is InChI=1S/C21H32N2O4Si/c1-20(2,3)26-18(24)22-16-11-10-15(12-13-28(7,8)9)14-17(16)23-19(25)27-21(4,5)6/h10-11,14H,1-9H3,(H,22,24)(H,23,25). The maximum Gasteiger partial charge on any atom is 0.412 e. The zero-order chi connectivity index (χ0) is 21.8. The molecule has 0 fully saturated rings. The molecule has 2 amide bonds. The average Bonchev–Trinajstić information content (AvgIpc) is 2.42. The number of amides is 2. The van der Waals surface area contributed by atoms with Crippen LogP contribution in [0.15, 0.2) is 18.2 Å². The van der Waals surface area contributed by atoms with Gasteiger partial charge in [0, 0.05) is 5.56 Å². The summed E-state index contributed by atoms with van der Waals surface area (Å²) in [5, 5.41) is 5.35. The second kappa shape index (κ2) is 8.70. The van der Waals surface area contributed by atoms with E-state index in [0.717, 1.165) is 5.56 Å². The van der Waals surface area contributed by atoms with Crippen molar-refractivity contribution in [2.45, 2.75) is 72.4 Å². The van der Waals surface area contributed by atoms with Crippen LogP contribution in [0, 0.1) is 11.5 Å². The quantitative estimate of drug-likeness (QED) is 0.496. The summed E-state index contributed by atoms with van der Waals surface area (Å²) in [5.41, 5.74) is 3.54. The fourth-order valence-electron chi connectivity index (χ4n) is 1.92. The highest BCUT2D eigenvalue weighted by Crippen LogP contribution is 2.25. The van der Waals surface area contributed by atoms with Crippen molar-refractivity contribution in [3.63, 3.8) is 0 Å². The van der Waals surface area contributed by atoms with Crippen LogP contribution in [0.4, 0.5) is 21.0 Å². The van der Waals surface area contributed by atoms with Gasteiger partial charge in [0.25, 0.3) is 0 Å². The van der Waals surface area contributed by atoms with Crippen LogP contribution in [-0.4, -0.2) is 31.5 Å². The Labute approximate surface area is 169 Å². The van der Waals surface area contributed by atoms with Crippen LogP contribution in [0.3, 0.4) is 0 Å². The molecule has 0 aliphatic carbocycles. The number of carbonyl (C=O) groups is 2. The number of rotatable bonds is 2. The molecule has 1 rings (SSSR count). The summed E-state index contributed by atoms with van der Waals surface area (Å²) in [5.74, 6) is 3.14. The number of hydrogen-bond acceptors (Lipinski definition) is 4. The second-order valence-electron chi connectivity index (χ2n) is 9.51. The normalized spacial score (nSPS) is 11.8. The van der Waals surface area contributed by atoms with Crippen LogP contribution in [0.25, 0.3) is 0 Å². The largest absolute Gasteiger partial charge is 0.444 e. The Hall–Kier alpha value is -2.46. The number of anilines is 2. The minimum Gasteiger partial charge on any atom is -0.444 e. The lowest BCUT2D eigenvalue weighted by Gasteiger charge is -2.22. The summed E-state index contributed by atoms with van der Waals surface area (Å²) in [4.78, 5) is 24.4. The minimum atomic E-state index is -1.55. The monoisotopic (exact) mass is 404 g/mol. The van der Waals surface area contributed by atoms with Gasteiger partial charge in [-0.2, -0.15) is 0 Å². The molecule has 0 atom stereocenters. The van der Waals surface area contributed by atoms with Crippen molar-refractivity contribution in [1.29, 1.82) is 0 Å². The SMILES string of the molecule is CC(C)(C)OC(=O)Nc1ccc(C#C[Si](C)(C)C)cc1NC(=O)OC(C)(C)C. The topological polar surface area (TPSA) is 76.7 Å². The lowest BCUT2D eigenvalue weighted by Crippen LogP contribution is -2.29. The molecule has 0 spiro atoms. The van der Waals surface area contributed by atoms with Crippen LogP contribution < -0.4 is 10.6 Å². The summed E-state index contributed by atoms with van der Waals surface area (Å²) < 4.78 is 10.6. The third-order valence-corrected chi connectivity index (χ3v) is 3.75. The molecule has 0 unspecified atom stereocenters. The number of carbonyl (C=O) groups excluding carboxylic acids is 2. The number of benzene rings is 1. The third-order valence-electron chi connectivity index (χ3n) is 2.87. The molecule has 0 aliphatic heterocycles. The van der Waals surface area contributed by atoms with E-state index in [9.17, 15) is 9.59 Å². The molecule has 2 N–H and O–H groups in total. The van der Waals surface area contributed by atoms with Gasteiger partial charge in [0.2, 0.25) is 0 Å². The summed E-state index contributed by atoms with van der Waals surface area (Å²) in [6.45, 7) is 17.1. The first-order valence-electron chi connectivity index (χ1n) is 9.21. The molecule has 0 aliphatic rings. The van der Waals surface area contributed by atoms with E-state index in [-0.39, 0.29) is 0 Å².